The van der Waals surface area contributed by atoms with Gasteiger partial charge in [-0.05, 0) is 23.8 Å². The van der Waals surface area contributed by atoms with Gasteiger partial charge in [0.1, 0.15) is 12.4 Å². The van der Waals surface area contributed by atoms with Crippen molar-refractivity contribution >= 4 is 16.9 Å². The Bertz CT molecular complexity index is 862. The largest absolute Gasteiger partial charge is 0.494 e. The highest BCUT2D eigenvalue weighted by atomic mass is 16.5. The van der Waals surface area contributed by atoms with E-state index in [-0.39, 0.29) is 5.69 Å². The highest BCUT2D eigenvalue weighted by Crippen LogP contribution is 2.30. The van der Waals surface area contributed by atoms with Gasteiger partial charge in [0.25, 0.3) is 0 Å². The molecule has 0 N–H and O–H groups in total. The Hall–Kier alpha value is -3.08. The topological polar surface area (TPSA) is 57.7 Å². The summed E-state index contributed by atoms with van der Waals surface area (Å²) in [6.07, 6.45) is 0. The van der Waals surface area contributed by atoms with Gasteiger partial charge in [-0.15, -0.1) is 0 Å². The number of esters is 1. The lowest BCUT2D eigenvalue weighted by Crippen LogP contribution is -2.07. The first-order valence-electron chi connectivity index (χ1n) is 7.45. The van der Waals surface area contributed by atoms with Gasteiger partial charge in [-0.1, -0.05) is 36.4 Å². The molecule has 0 radical (unpaired) electrons. The normalized spacial score (nSPS) is 10.4. The predicted octanol–water partition coefficient (Wildman–Crippen LogP) is 3.61. The minimum absolute atomic E-state index is 0.146. The molecule has 122 valence electrons. The van der Waals surface area contributed by atoms with Gasteiger partial charge < -0.3 is 14.2 Å². The summed E-state index contributed by atoms with van der Waals surface area (Å²) < 4.78 is 15.9. The van der Waals surface area contributed by atoms with Gasteiger partial charge in [0, 0.05) is 5.39 Å². The Morgan fingerprint density at radius 3 is 2.50 bits per heavy atom. The molecule has 0 bridgehead atoms. The van der Waals surface area contributed by atoms with Crippen LogP contribution in [0, 0.1) is 0 Å². The minimum atomic E-state index is -0.538. The number of carbonyl (C=O) groups is 1. The number of aromatic nitrogens is 1. The Morgan fingerprint density at radius 1 is 1.00 bits per heavy atom. The monoisotopic (exact) mass is 323 g/mol. The number of rotatable bonds is 5. The molecule has 5 heteroatoms. The van der Waals surface area contributed by atoms with Crippen LogP contribution in [0.2, 0.25) is 0 Å². The molecule has 0 aliphatic heterocycles. The number of fused-ring (bicyclic) bond motifs is 1. The van der Waals surface area contributed by atoms with E-state index in [1.807, 2.05) is 48.5 Å². The quantitative estimate of drug-likeness (QED) is 0.671. The van der Waals surface area contributed by atoms with E-state index in [1.165, 1.54) is 14.2 Å². The van der Waals surface area contributed by atoms with Crippen molar-refractivity contribution in [2.45, 2.75) is 6.61 Å². The van der Waals surface area contributed by atoms with E-state index in [4.69, 9.17) is 14.2 Å². The van der Waals surface area contributed by atoms with E-state index in [0.29, 0.717) is 23.6 Å². The maximum Gasteiger partial charge on any atom is 0.360 e. The predicted molar refractivity (Wildman–Crippen MR) is 90.4 cm³/mol. The summed E-state index contributed by atoms with van der Waals surface area (Å²) in [6.45, 7) is 0.445. The van der Waals surface area contributed by atoms with Crippen LogP contribution in [-0.2, 0) is 11.3 Å². The Kier molecular flexibility index (Phi) is 4.61. The average molecular weight is 323 g/mol. The molecule has 0 atom stereocenters. The number of pyridine rings is 1. The number of nitrogens with zero attached hydrogens (tertiary/aromatic N) is 1. The molecule has 24 heavy (non-hydrogen) atoms. The van der Waals surface area contributed by atoms with Crippen molar-refractivity contribution < 1.29 is 19.0 Å². The smallest absolute Gasteiger partial charge is 0.360 e. The fourth-order valence-corrected chi connectivity index (χ4v) is 2.41. The van der Waals surface area contributed by atoms with Crippen molar-refractivity contribution in [1.82, 2.24) is 4.98 Å². The maximum atomic E-state index is 11.8. The molecule has 3 rings (SSSR count). The lowest BCUT2D eigenvalue weighted by atomic mass is 10.1. The highest BCUT2D eigenvalue weighted by molar-refractivity contribution is 5.96. The van der Waals surface area contributed by atoms with Crippen LogP contribution in [0.4, 0.5) is 0 Å². The summed E-state index contributed by atoms with van der Waals surface area (Å²) in [5.74, 6) is 0.494. The first-order chi connectivity index (χ1) is 11.7. The number of methoxy groups -OCH3 is 2. The first-order valence-corrected chi connectivity index (χ1v) is 7.45. The Morgan fingerprint density at radius 2 is 1.79 bits per heavy atom. The molecule has 0 saturated carbocycles. The summed E-state index contributed by atoms with van der Waals surface area (Å²) in [5.41, 5.74) is 1.86. The molecule has 3 aromatic rings. The second-order valence-corrected chi connectivity index (χ2v) is 5.13. The molecule has 0 amide bonds. The summed E-state index contributed by atoms with van der Waals surface area (Å²) in [4.78, 5) is 16.2. The fraction of sp³-hybridized carbons (Fsp3) is 0.158. The van der Waals surface area contributed by atoms with E-state index in [0.717, 1.165) is 10.9 Å². The molecular weight excluding hydrogens is 306 g/mol. The second-order valence-electron chi connectivity index (χ2n) is 5.13. The summed E-state index contributed by atoms with van der Waals surface area (Å²) in [5, 5.41) is 0.776. The number of hydrogen-bond acceptors (Lipinski definition) is 5. The molecule has 5 nitrogen and oxygen atoms in total. The van der Waals surface area contributed by atoms with E-state index >= 15 is 0 Å². The van der Waals surface area contributed by atoms with Gasteiger partial charge in [0.2, 0.25) is 0 Å². The van der Waals surface area contributed by atoms with Crippen molar-refractivity contribution in [3.8, 4) is 11.5 Å². The molecule has 0 spiro atoms. The van der Waals surface area contributed by atoms with Crippen LogP contribution >= 0.6 is 0 Å². The van der Waals surface area contributed by atoms with Crippen LogP contribution in [0.15, 0.2) is 54.6 Å². The van der Waals surface area contributed by atoms with Crippen LogP contribution < -0.4 is 9.47 Å². The zero-order chi connectivity index (χ0) is 16.9. The standard InChI is InChI=1S/C19H17NO4/c1-22-17-11-14-15(20-18(17)19(21)23-2)9-6-10-16(14)24-12-13-7-4-3-5-8-13/h3-11H,12H2,1-2H3. The number of carbonyl (C=O) groups excluding carboxylic acids is 1. The van der Waals surface area contributed by atoms with Gasteiger partial charge in [-0.25, -0.2) is 9.78 Å². The van der Waals surface area contributed by atoms with Crippen molar-refractivity contribution in [2.75, 3.05) is 14.2 Å². The zero-order valence-electron chi connectivity index (χ0n) is 13.5. The van der Waals surface area contributed by atoms with Crippen LogP contribution in [-0.4, -0.2) is 25.2 Å². The number of benzene rings is 2. The molecular formula is C19H17NO4. The lowest BCUT2D eigenvalue weighted by molar-refractivity contribution is 0.0590. The van der Waals surface area contributed by atoms with Crippen LogP contribution in [0.25, 0.3) is 10.9 Å². The average Bonchev–Trinajstić information content (AvgIpc) is 2.65. The molecule has 2 aromatic carbocycles. The van der Waals surface area contributed by atoms with Crippen LogP contribution in [0.3, 0.4) is 0 Å². The van der Waals surface area contributed by atoms with Crippen LogP contribution in [0.1, 0.15) is 16.1 Å². The Balaban J connectivity index is 1.98. The van der Waals surface area contributed by atoms with E-state index in [9.17, 15) is 4.79 Å². The summed E-state index contributed by atoms with van der Waals surface area (Å²) >= 11 is 0. The fourth-order valence-electron chi connectivity index (χ4n) is 2.41. The lowest BCUT2D eigenvalue weighted by Gasteiger charge is -2.12. The first kappa shape index (κ1) is 15.8. The Labute approximate surface area is 139 Å². The number of ether oxygens (including phenoxy) is 3. The minimum Gasteiger partial charge on any atom is -0.494 e. The molecule has 0 aliphatic rings. The highest BCUT2D eigenvalue weighted by Gasteiger charge is 2.17. The molecule has 1 aromatic heterocycles. The zero-order valence-corrected chi connectivity index (χ0v) is 13.5. The third-order valence-corrected chi connectivity index (χ3v) is 3.62. The molecule has 0 unspecified atom stereocenters. The van der Waals surface area contributed by atoms with E-state index in [2.05, 4.69) is 4.98 Å². The van der Waals surface area contributed by atoms with Gasteiger partial charge >= 0.3 is 5.97 Å². The van der Waals surface area contributed by atoms with E-state index < -0.39 is 5.97 Å². The molecule has 0 aliphatic carbocycles. The second kappa shape index (κ2) is 7.00. The van der Waals surface area contributed by atoms with E-state index in [1.54, 1.807) is 6.07 Å². The van der Waals surface area contributed by atoms with Crippen molar-refractivity contribution in [1.29, 1.82) is 0 Å². The van der Waals surface area contributed by atoms with Gasteiger partial charge in [-0.2, -0.15) is 0 Å². The molecule has 0 saturated heterocycles. The maximum absolute atomic E-state index is 11.8. The molecule has 1 heterocycles. The molecule has 0 fully saturated rings. The van der Waals surface area contributed by atoms with Crippen molar-refractivity contribution in [3.63, 3.8) is 0 Å². The van der Waals surface area contributed by atoms with Gasteiger partial charge in [-0.3, -0.25) is 0 Å². The third kappa shape index (κ3) is 3.15. The summed E-state index contributed by atoms with van der Waals surface area (Å²) in [6, 6.07) is 17.2. The number of hydrogen-bond donors (Lipinski definition) is 0. The van der Waals surface area contributed by atoms with Gasteiger partial charge in [0.05, 0.1) is 19.7 Å². The van der Waals surface area contributed by atoms with Crippen molar-refractivity contribution in [2.24, 2.45) is 0 Å². The third-order valence-electron chi connectivity index (χ3n) is 3.62. The van der Waals surface area contributed by atoms with Crippen LogP contribution in [0.5, 0.6) is 11.5 Å². The van der Waals surface area contributed by atoms with Gasteiger partial charge in [0.15, 0.2) is 11.4 Å². The SMILES string of the molecule is COC(=O)c1nc2cccc(OCc3ccccc3)c2cc1OC. The summed E-state index contributed by atoms with van der Waals surface area (Å²) in [7, 11) is 2.80. The van der Waals surface area contributed by atoms with Crippen molar-refractivity contribution in [3.05, 3.63) is 65.9 Å².